The van der Waals surface area contributed by atoms with E-state index < -0.39 is 73.5 Å². The molecule has 8 fully saturated rings. The van der Waals surface area contributed by atoms with E-state index in [-0.39, 0.29) is 0 Å². The zero-order valence-electron chi connectivity index (χ0n) is 38.2. The fourth-order valence-electron chi connectivity index (χ4n) is 19.0. The van der Waals surface area contributed by atoms with Crippen LogP contribution in [0.2, 0.25) is 80.4 Å². The minimum atomic E-state index is -2.54. The Hall–Kier alpha value is 3.28. The van der Waals surface area contributed by atoms with Gasteiger partial charge in [-0.15, -0.1) is 0 Å². The van der Waals surface area contributed by atoms with E-state index in [2.05, 4.69) is 83.1 Å². The third-order valence-corrected chi connectivity index (χ3v) is 137. The molecule has 7 heteroatoms. The van der Waals surface area contributed by atoms with Gasteiger partial charge in [-0.05, 0) is 0 Å². The molecule has 8 atom stereocenters. The van der Waals surface area contributed by atoms with Gasteiger partial charge in [0.2, 0.25) is 0 Å². The van der Waals surface area contributed by atoms with Crippen LogP contribution in [-0.4, -0.2) is 87.3 Å². The van der Waals surface area contributed by atoms with Gasteiger partial charge >= 0.3 is 355 Å². The summed E-state index contributed by atoms with van der Waals surface area (Å²) < 4.78 is 30.8. The van der Waals surface area contributed by atoms with Gasteiger partial charge in [-0.1, -0.05) is 0 Å². The van der Waals surface area contributed by atoms with Gasteiger partial charge in [-0.2, -0.15) is 0 Å². The number of hydrogen-bond acceptors (Lipinski definition) is 1. The van der Waals surface area contributed by atoms with Crippen molar-refractivity contribution in [1.82, 2.24) is 0 Å². The van der Waals surface area contributed by atoms with Crippen LogP contribution in [0, 0.1) is 35.5 Å². The summed E-state index contributed by atoms with van der Waals surface area (Å²) in [7, 11) is 0. The summed E-state index contributed by atoms with van der Waals surface area (Å²) in [5.74, 6) is 6.08. The molecule has 0 radical (unpaired) electrons. The molecule has 4 saturated carbocycles. The van der Waals surface area contributed by atoms with E-state index in [4.69, 9.17) is 4.57 Å². The number of fused-ring (bicyclic) bond motifs is 2. The molecule has 8 rings (SSSR count). The second-order valence-corrected chi connectivity index (χ2v) is 93.4. The second-order valence-electron chi connectivity index (χ2n) is 22.0. The Morgan fingerprint density at radius 2 is 0.585 bits per heavy atom. The zero-order chi connectivity index (χ0) is 38.5. The monoisotopic (exact) mass is 1160 g/mol. The standard InChI is InChI=1S/C22H32B2O.12C2H5.4Sn/c1-21-9-15-3-16(10-21)6-19(5-15)13-23(21)25-24-14-20-7-17-4-18(8-20)12-22(24,2)11-17;12*1-2;;;;/h1-2,15-20H,3-14H2;12*1H2,2H3;;;;/t15-,16+,17-,18+,19?,20?,21?,22?;;;;;;;;;;;;;;;;. The van der Waals surface area contributed by atoms with Crippen molar-refractivity contribution in [1.29, 1.82) is 0 Å². The van der Waals surface area contributed by atoms with Crippen molar-refractivity contribution < 1.29 is 4.57 Å². The van der Waals surface area contributed by atoms with Crippen molar-refractivity contribution in [3.05, 3.63) is 0 Å². The van der Waals surface area contributed by atoms with E-state index in [1.807, 2.05) is 0 Å². The Labute approximate surface area is 350 Å². The predicted molar refractivity (Wildman–Crippen MR) is 251 cm³/mol. The summed E-state index contributed by atoms with van der Waals surface area (Å²) in [6.07, 6.45) is 19.0. The molecule has 8 aliphatic rings. The van der Waals surface area contributed by atoms with Crippen LogP contribution in [0.5, 0.6) is 0 Å². The third kappa shape index (κ3) is 7.65. The summed E-state index contributed by atoms with van der Waals surface area (Å²) in [5.41, 5.74) is 0. The number of hydrogen-bond donors (Lipinski definition) is 0. The van der Waals surface area contributed by atoms with Crippen molar-refractivity contribution in [3.8, 4) is 0 Å². The molecule has 4 aliphatic heterocycles. The molecule has 4 unspecified atom stereocenters. The van der Waals surface area contributed by atoms with Crippen LogP contribution in [0.4, 0.5) is 0 Å². The molecule has 304 valence electrons. The SMILES string of the molecule is C[CH2][Sn]([CH2]C)([CH2]C)[CH](C12C[C@@H]3CC(CB1OB1CC4C[C@@H]5C[C@H](C4)CC1([CH]([Sn]([CH2]C)([CH2]C)[CH2]C)[Sn]([CH2]C)([CH2]C)[CH2]C)C5)C[C@@H](C3)C2)[Sn]([CH2]C)([CH2]C)[CH2]C. The van der Waals surface area contributed by atoms with E-state index in [1.54, 1.807) is 117 Å². The molecule has 4 saturated heterocycles. The van der Waals surface area contributed by atoms with Gasteiger partial charge in [0, 0.05) is 0 Å². The van der Waals surface area contributed by atoms with Crippen molar-refractivity contribution in [3.63, 3.8) is 0 Å². The first-order valence-electron chi connectivity index (χ1n) is 25.1. The molecule has 4 heterocycles. The molecule has 0 spiro atoms. The van der Waals surface area contributed by atoms with Gasteiger partial charge in [0.15, 0.2) is 0 Å². The van der Waals surface area contributed by atoms with E-state index in [0.717, 1.165) is 35.5 Å². The van der Waals surface area contributed by atoms with Crippen LogP contribution >= 0.6 is 0 Å². The third-order valence-electron chi connectivity index (χ3n) is 21.4. The predicted octanol–water partition coefficient (Wildman–Crippen LogP) is 16.0. The van der Waals surface area contributed by atoms with Crippen LogP contribution in [0.15, 0.2) is 0 Å². The Kier molecular flexibility index (Phi) is 15.8. The molecule has 0 amide bonds. The van der Waals surface area contributed by atoms with Gasteiger partial charge in [0.05, 0.1) is 0 Å². The Morgan fingerprint density at radius 3 is 0.792 bits per heavy atom. The molecule has 0 aromatic carbocycles. The van der Waals surface area contributed by atoms with Crippen LogP contribution in [0.1, 0.15) is 147 Å². The van der Waals surface area contributed by atoms with Gasteiger partial charge in [0.1, 0.15) is 0 Å². The summed E-state index contributed by atoms with van der Waals surface area (Å²) in [4.78, 5) is 0. The van der Waals surface area contributed by atoms with Crippen molar-refractivity contribution >= 4 is 87.3 Å². The van der Waals surface area contributed by atoms with E-state index in [9.17, 15) is 0 Å². The first-order chi connectivity index (χ1) is 25.4. The molecule has 4 aliphatic carbocycles. The maximum absolute atomic E-state index is 8.88. The summed E-state index contributed by atoms with van der Waals surface area (Å²) in [6, 6.07) is 0. The van der Waals surface area contributed by atoms with Crippen LogP contribution < -0.4 is 0 Å². The summed E-state index contributed by atoms with van der Waals surface area (Å²) in [5, 5.41) is 1.10. The molecule has 8 bridgehead atoms. The van der Waals surface area contributed by atoms with E-state index in [0.29, 0.717) is 24.5 Å². The average molecular weight is 1160 g/mol. The maximum atomic E-state index is 8.88. The van der Waals surface area contributed by atoms with Crippen molar-refractivity contribution in [2.24, 2.45) is 35.5 Å². The Morgan fingerprint density at radius 1 is 0.377 bits per heavy atom. The molecule has 1 nitrogen and oxygen atoms in total. The first-order valence-corrected chi connectivity index (χ1v) is 55.9. The number of rotatable bonds is 20. The van der Waals surface area contributed by atoms with Gasteiger partial charge in [0.25, 0.3) is 0 Å². The molecular formula is C46H92B2OSn4. The Bertz CT molecular complexity index is 1000. The zero-order valence-corrected chi connectivity index (χ0v) is 49.6. The van der Waals surface area contributed by atoms with Crippen LogP contribution in [-0.2, 0) is 4.57 Å². The van der Waals surface area contributed by atoms with Crippen molar-refractivity contribution in [2.45, 2.75) is 228 Å². The molecule has 0 aromatic rings. The van der Waals surface area contributed by atoms with Gasteiger partial charge in [-0.25, -0.2) is 0 Å². The van der Waals surface area contributed by atoms with E-state index >= 15 is 0 Å². The van der Waals surface area contributed by atoms with Crippen LogP contribution in [0.25, 0.3) is 0 Å². The van der Waals surface area contributed by atoms with Crippen molar-refractivity contribution in [2.75, 3.05) is 0 Å². The molecule has 53 heavy (non-hydrogen) atoms. The van der Waals surface area contributed by atoms with Crippen LogP contribution in [0.3, 0.4) is 0 Å². The van der Waals surface area contributed by atoms with Gasteiger partial charge in [-0.3, -0.25) is 0 Å². The molecule has 0 N–H and O–H groups in total. The normalized spacial score (nSPS) is 34.5. The topological polar surface area (TPSA) is 9.23 Å². The second kappa shape index (κ2) is 18.3. The summed E-state index contributed by atoms with van der Waals surface area (Å²) in [6.45, 7) is 34.2. The van der Waals surface area contributed by atoms with Gasteiger partial charge < -0.3 is 0 Å². The quantitative estimate of drug-likeness (QED) is 0.110. The Balaban J connectivity index is 1.58. The molecule has 0 aromatic heterocycles. The average Bonchev–Trinajstić information content (AvgIpc) is 3.45. The minimum absolute atomic E-state index is 0.552. The first kappa shape index (κ1) is 45.8. The van der Waals surface area contributed by atoms with E-state index in [1.165, 1.54) is 16.5 Å². The fraction of sp³-hybridized carbons (Fsp3) is 1.00. The molecular weight excluding hydrogens is 1060 g/mol. The summed E-state index contributed by atoms with van der Waals surface area (Å²) >= 11 is -10.2. The fourth-order valence-corrected chi connectivity index (χ4v) is 173.